The Morgan fingerprint density at radius 1 is 0.853 bits per heavy atom. The van der Waals surface area contributed by atoms with Crippen LogP contribution in [0, 0.1) is 11.6 Å². The number of benzene rings is 4. The lowest BCUT2D eigenvalue weighted by Crippen LogP contribution is -2.09. The summed E-state index contributed by atoms with van der Waals surface area (Å²) >= 11 is 0. The first-order valence-corrected chi connectivity index (χ1v) is 11.1. The van der Waals surface area contributed by atoms with Gasteiger partial charge in [-0.2, -0.15) is 0 Å². The third-order valence-electron chi connectivity index (χ3n) is 5.61. The summed E-state index contributed by atoms with van der Waals surface area (Å²) in [6, 6.07) is 27.8. The highest BCUT2D eigenvalue weighted by Gasteiger charge is 2.11. The first kappa shape index (κ1) is 23.1. The third kappa shape index (κ3) is 6.04. The van der Waals surface area contributed by atoms with Gasteiger partial charge in [0.2, 0.25) is 0 Å². The minimum absolute atomic E-state index is 0.0795. The molecule has 0 spiro atoms. The van der Waals surface area contributed by atoms with Crippen molar-refractivity contribution in [2.75, 3.05) is 0 Å². The second-order valence-electron chi connectivity index (χ2n) is 8.17. The minimum Gasteiger partial charge on any atom is -0.423 e. The molecule has 1 atom stereocenters. The minimum atomic E-state index is -0.707. The summed E-state index contributed by atoms with van der Waals surface area (Å²) in [5, 5.41) is 0. The SMILES string of the molecule is C[C@H](Cc1ccc(C=Cc2ccc(C(=O)Oc3ccc(F)cc3)cc2F)cc1)c1ccccc1. The van der Waals surface area contributed by atoms with Crippen molar-refractivity contribution in [3.05, 3.63) is 137 Å². The van der Waals surface area contributed by atoms with Crippen LogP contribution in [0.15, 0.2) is 97.1 Å². The van der Waals surface area contributed by atoms with Gasteiger partial charge in [0.25, 0.3) is 0 Å². The molecule has 0 N–H and O–H groups in total. The fourth-order valence-corrected chi connectivity index (χ4v) is 3.66. The lowest BCUT2D eigenvalue weighted by Gasteiger charge is -2.12. The van der Waals surface area contributed by atoms with E-state index >= 15 is 0 Å². The van der Waals surface area contributed by atoms with Crippen molar-refractivity contribution in [1.29, 1.82) is 0 Å². The first-order valence-electron chi connectivity index (χ1n) is 11.1. The molecule has 0 heterocycles. The molecule has 0 aliphatic rings. The maximum absolute atomic E-state index is 14.6. The predicted octanol–water partition coefficient (Wildman–Crippen LogP) is 7.70. The molecule has 0 aromatic heterocycles. The molecule has 0 amide bonds. The normalized spacial score (nSPS) is 12.0. The van der Waals surface area contributed by atoms with Gasteiger partial charge < -0.3 is 4.74 Å². The Bertz CT molecular complexity index is 1280. The fraction of sp³-hybridized carbons (Fsp3) is 0.100. The molecule has 2 nitrogen and oxygen atoms in total. The number of ether oxygens (including phenoxy) is 1. The summed E-state index contributed by atoms with van der Waals surface area (Å²) in [7, 11) is 0. The highest BCUT2D eigenvalue weighted by molar-refractivity contribution is 5.91. The lowest BCUT2D eigenvalue weighted by atomic mass is 9.93. The number of hydrogen-bond acceptors (Lipinski definition) is 2. The average molecular weight is 455 g/mol. The number of rotatable bonds is 7. The molecule has 0 bridgehead atoms. The van der Waals surface area contributed by atoms with E-state index in [1.165, 1.54) is 47.5 Å². The van der Waals surface area contributed by atoms with Gasteiger partial charge in [0, 0.05) is 5.56 Å². The monoisotopic (exact) mass is 454 g/mol. The molecule has 0 aliphatic heterocycles. The standard InChI is InChI=1S/C30H24F2O2/c1-21(24-5-3-2-4-6-24)19-23-9-7-22(8-10-23)11-12-25-13-14-26(20-29(25)32)30(33)34-28-17-15-27(31)16-18-28/h2-18,20-21H,19H2,1H3/t21-/m1/s1. The molecule has 0 saturated heterocycles. The molecular formula is C30H24F2O2. The van der Waals surface area contributed by atoms with Gasteiger partial charge in [0.15, 0.2) is 0 Å². The molecular weight excluding hydrogens is 430 g/mol. The fourth-order valence-electron chi connectivity index (χ4n) is 3.66. The summed E-state index contributed by atoms with van der Waals surface area (Å²) < 4.78 is 32.7. The van der Waals surface area contributed by atoms with E-state index in [0.717, 1.165) is 18.1 Å². The number of esters is 1. The first-order chi connectivity index (χ1) is 16.5. The predicted molar refractivity (Wildman–Crippen MR) is 132 cm³/mol. The number of halogens is 2. The topological polar surface area (TPSA) is 26.3 Å². The Morgan fingerprint density at radius 2 is 1.56 bits per heavy atom. The summed E-state index contributed by atoms with van der Waals surface area (Å²) in [4.78, 5) is 12.2. The smallest absolute Gasteiger partial charge is 0.343 e. The number of hydrogen-bond donors (Lipinski definition) is 0. The van der Waals surface area contributed by atoms with E-state index in [-0.39, 0.29) is 11.3 Å². The molecule has 34 heavy (non-hydrogen) atoms. The van der Waals surface area contributed by atoms with E-state index in [2.05, 4.69) is 43.3 Å². The van der Waals surface area contributed by atoms with E-state index in [1.54, 1.807) is 6.08 Å². The Balaban J connectivity index is 1.38. The van der Waals surface area contributed by atoms with Crippen LogP contribution in [0.2, 0.25) is 0 Å². The van der Waals surface area contributed by atoms with E-state index in [1.807, 2.05) is 24.3 Å². The van der Waals surface area contributed by atoms with Crippen molar-refractivity contribution >= 4 is 18.1 Å². The second kappa shape index (κ2) is 10.7. The number of carbonyl (C=O) groups excluding carboxylic acids is 1. The molecule has 0 saturated carbocycles. The average Bonchev–Trinajstić information content (AvgIpc) is 2.86. The van der Waals surface area contributed by atoms with Gasteiger partial charge in [0.1, 0.15) is 17.4 Å². The van der Waals surface area contributed by atoms with Gasteiger partial charge in [0.05, 0.1) is 5.56 Å². The summed E-state index contributed by atoms with van der Waals surface area (Å²) in [6.07, 6.45) is 4.45. The molecule has 4 rings (SSSR count). The molecule has 170 valence electrons. The van der Waals surface area contributed by atoms with Crippen LogP contribution in [-0.4, -0.2) is 5.97 Å². The zero-order valence-electron chi connectivity index (χ0n) is 18.7. The van der Waals surface area contributed by atoms with Crippen molar-refractivity contribution in [2.45, 2.75) is 19.3 Å². The molecule has 0 fully saturated rings. The van der Waals surface area contributed by atoms with E-state index in [0.29, 0.717) is 11.5 Å². The maximum atomic E-state index is 14.6. The summed E-state index contributed by atoms with van der Waals surface area (Å²) in [6.45, 7) is 2.21. The summed E-state index contributed by atoms with van der Waals surface area (Å²) in [5.41, 5.74) is 3.95. The van der Waals surface area contributed by atoms with Crippen LogP contribution in [0.5, 0.6) is 5.75 Å². The van der Waals surface area contributed by atoms with Crippen LogP contribution in [0.3, 0.4) is 0 Å². The second-order valence-corrected chi connectivity index (χ2v) is 8.17. The van der Waals surface area contributed by atoms with Gasteiger partial charge in [-0.05, 0) is 65.4 Å². The van der Waals surface area contributed by atoms with Crippen LogP contribution in [0.4, 0.5) is 8.78 Å². The van der Waals surface area contributed by atoms with Crippen LogP contribution >= 0.6 is 0 Å². The van der Waals surface area contributed by atoms with Gasteiger partial charge >= 0.3 is 5.97 Å². The molecule has 4 aromatic carbocycles. The van der Waals surface area contributed by atoms with Crippen molar-refractivity contribution in [2.24, 2.45) is 0 Å². The van der Waals surface area contributed by atoms with Crippen molar-refractivity contribution < 1.29 is 18.3 Å². The third-order valence-corrected chi connectivity index (χ3v) is 5.61. The Labute approximate surface area is 198 Å². The van der Waals surface area contributed by atoms with Crippen LogP contribution in [-0.2, 0) is 6.42 Å². The Morgan fingerprint density at radius 3 is 2.24 bits per heavy atom. The van der Waals surface area contributed by atoms with Crippen molar-refractivity contribution in [3.63, 3.8) is 0 Å². The zero-order chi connectivity index (χ0) is 23.9. The highest BCUT2D eigenvalue weighted by Crippen LogP contribution is 2.21. The maximum Gasteiger partial charge on any atom is 0.343 e. The Hall–Kier alpha value is -4.05. The molecule has 0 aliphatic carbocycles. The van der Waals surface area contributed by atoms with E-state index in [9.17, 15) is 13.6 Å². The van der Waals surface area contributed by atoms with Crippen molar-refractivity contribution in [3.8, 4) is 5.75 Å². The molecule has 0 unspecified atom stereocenters. The zero-order valence-corrected chi connectivity index (χ0v) is 18.7. The molecule has 4 heteroatoms. The van der Waals surface area contributed by atoms with Gasteiger partial charge in [-0.1, -0.05) is 79.7 Å². The Kier molecular flexibility index (Phi) is 7.28. The molecule has 4 aromatic rings. The van der Waals surface area contributed by atoms with Crippen molar-refractivity contribution in [1.82, 2.24) is 0 Å². The summed E-state index contributed by atoms with van der Waals surface area (Å²) in [5.74, 6) is -1.06. The quantitative estimate of drug-likeness (QED) is 0.162. The molecule has 0 radical (unpaired) electrons. The van der Waals surface area contributed by atoms with Gasteiger partial charge in [-0.3, -0.25) is 0 Å². The van der Waals surface area contributed by atoms with Gasteiger partial charge in [-0.15, -0.1) is 0 Å². The highest BCUT2D eigenvalue weighted by atomic mass is 19.1. The lowest BCUT2D eigenvalue weighted by molar-refractivity contribution is 0.0734. The van der Waals surface area contributed by atoms with Gasteiger partial charge in [-0.25, -0.2) is 13.6 Å². The van der Waals surface area contributed by atoms with E-state index in [4.69, 9.17) is 4.74 Å². The van der Waals surface area contributed by atoms with E-state index < -0.39 is 17.6 Å². The number of carbonyl (C=O) groups is 1. The van der Waals surface area contributed by atoms with Crippen LogP contribution < -0.4 is 4.74 Å². The van der Waals surface area contributed by atoms with Crippen LogP contribution in [0.1, 0.15) is 45.5 Å². The largest absolute Gasteiger partial charge is 0.423 e. The van der Waals surface area contributed by atoms with Crippen LogP contribution in [0.25, 0.3) is 12.2 Å².